The van der Waals surface area contributed by atoms with E-state index in [9.17, 15) is 4.39 Å². The molecule has 3 aromatic rings. The highest BCUT2D eigenvalue weighted by molar-refractivity contribution is 5.64. The van der Waals surface area contributed by atoms with Crippen LogP contribution in [0.15, 0.2) is 73.3 Å². The highest BCUT2D eigenvalue weighted by Crippen LogP contribution is 2.44. The summed E-state index contributed by atoms with van der Waals surface area (Å²) in [5.74, 6) is -0.720. The van der Waals surface area contributed by atoms with E-state index < -0.39 is 17.8 Å². The van der Waals surface area contributed by atoms with Gasteiger partial charge in [0.05, 0.1) is 5.92 Å². The quantitative estimate of drug-likeness (QED) is 0.186. The highest BCUT2D eigenvalue weighted by atomic mass is 19.3. The molecular weight excluding hydrogens is 524 g/mol. The van der Waals surface area contributed by atoms with Crippen LogP contribution in [0.2, 0.25) is 0 Å². The lowest BCUT2D eigenvalue weighted by Crippen LogP contribution is -2.37. The third-order valence-electron chi connectivity index (χ3n) is 9.27. The Morgan fingerprint density at radius 1 is 0.780 bits per heavy atom. The lowest BCUT2D eigenvalue weighted by Gasteiger charge is -2.33. The maximum absolute atomic E-state index is 15.3. The molecule has 0 heterocycles. The molecule has 0 radical (unpaired) electrons. The molecule has 5 heteroatoms. The van der Waals surface area contributed by atoms with E-state index in [1.54, 1.807) is 12.1 Å². The first-order valence-electron chi connectivity index (χ1n) is 15.1. The fourth-order valence-electron chi connectivity index (χ4n) is 6.61. The molecule has 5 rings (SSSR count). The molecule has 2 saturated carbocycles. The molecule has 2 aliphatic carbocycles. The zero-order valence-electron chi connectivity index (χ0n) is 23.9. The van der Waals surface area contributed by atoms with Gasteiger partial charge in [0.2, 0.25) is 0 Å². The predicted molar refractivity (Wildman–Crippen MR) is 157 cm³/mol. The molecule has 0 aliphatic heterocycles. The van der Waals surface area contributed by atoms with Gasteiger partial charge in [-0.3, -0.25) is 0 Å². The first kappa shape index (κ1) is 29.4. The van der Waals surface area contributed by atoms with Crippen LogP contribution in [0.5, 0.6) is 5.75 Å². The second-order valence-electron chi connectivity index (χ2n) is 12.1. The van der Waals surface area contributed by atoms with E-state index in [-0.39, 0.29) is 30.3 Å². The van der Waals surface area contributed by atoms with Crippen LogP contribution in [0.3, 0.4) is 0 Å². The maximum atomic E-state index is 15.3. The first-order valence-corrected chi connectivity index (χ1v) is 15.1. The molecule has 2 fully saturated rings. The topological polar surface area (TPSA) is 9.23 Å². The van der Waals surface area contributed by atoms with Crippen LogP contribution in [-0.4, -0.2) is 6.11 Å². The summed E-state index contributed by atoms with van der Waals surface area (Å²) in [6, 6.07) is 17.7. The third kappa shape index (κ3) is 7.05. The van der Waals surface area contributed by atoms with Crippen molar-refractivity contribution in [2.45, 2.75) is 89.1 Å². The lowest BCUT2D eigenvalue weighted by molar-refractivity contribution is -0.222. The summed E-state index contributed by atoms with van der Waals surface area (Å²) in [5.41, 5.74) is 4.20. The third-order valence-corrected chi connectivity index (χ3v) is 9.27. The van der Waals surface area contributed by atoms with Gasteiger partial charge in [-0.15, -0.1) is 6.58 Å². The van der Waals surface area contributed by atoms with Gasteiger partial charge in [-0.25, -0.2) is 8.78 Å². The van der Waals surface area contributed by atoms with Crippen LogP contribution >= 0.6 is 0 Å². The standard InChI is InChI=1S/C36H40F4O/c1-3-4-5-29-16-20-32(23-34(29)37)41-36(39,40)31-18-14-28(15-19-31)33-21-17-30(22-35(33)38)27-12-10-26(11-13-27)25-8-6-24(2)7-9-25/h3,10-13,16-17,20-25,28,31H,1,4-9,14-15,18-19H2,2H3. The SMILES string of the molecule is C=CCCc1ccc(OC(F)(F)C2CCC(c3ccc(-c4ccc(C5CCC(C)CC5)cc4)cc3F)CC2)cc1F. The van der Waals surface area contributed by atoms with Crippen LogP contribution in [-0.2, 0) is 6.42 Å². The minimum absolute atomic E-state index is 0.117. The molecule has 3 aromatic carbocycles. The van der Waals surface area contributed by atoms with Crippen molar-refractivity contribution in [3.05, 3.63) is 102 Å². The molecule has 2 aliphatic rings. The largest absolute Gasteiger partial charge is 0.432 e. The van der Waals surface area contributed by atoms with E-state index >= 15 is 13.2 Å². The van der Waals surface area contributed by atoms with Crippen molar-refractivity contribution in [3.63, 3.8) is 0 Å². The van der Waals surface area contributed by atoms with Crippen molar-refractivity contribution < 1.29 is 22.3 Å². The minimum Gasteiger partial charge on any atom is -0.432 e. The van der Waals surface area contributed by atoms with Gasteiger partial charge in [0.1, 0.15) is 17.4 Å². The summed E-state index contributed by atoms with van der Waals surface area (Å²) < 4.78 is 64.6. The van der Waals surface area contributed by atoms with Gasteiger partial charge in [-0.2, -0.15) is 8.78 Å². The van der Waals surface area contributed by atoms with Crippen molar-refractivity contribution in [1.29, 1.82) is 0 Å². The number of rotatable bonds is 9. The Balaban J connectivity index is 1.18. The van der Waals surface area contributed by atoms with E-state index in [4.69, 9.17) is 4.74 Å². The second-order valence-corrected chi connectivity index (χ2v) is 12.1. The number of alkyl halides is 2. The number of benzene rings is 3. The van der Waals surface area contributed by atoms with E-state index in [0.717, 1.165) is 23.1 Å². The van der Waals surface area contributed by atoms with E-state index in [1.165, 1.54) is 43.4 Å². The Hall–Kier alpha value is -3.08. The molecule has 0 atom stereocenters. The molecule has 0 aromatic heterocycles. The van der Waals surface area contributed by atoms with Crippen LogP contribution in [0.4, 0.5) is 17.6 Å². The maximum Gasteiger partial charge on any atom is 0.400 e. The summed E-state index contributed by atoms with van der Waals surface area (Å²) in [6.45, 7) is 5.94. The van der Waals surface area contributed by atoms with Gasteiger partial charge in [0.15, 0.2) is 0 Å². The Bertz CT molecular complexity index is 1320. The zero-order valence-corrected chi connectivity index (χ0v) is 23.9. The molecule has 1 nitrogen and oxygen atoms in total. The van der Waals surface area contributed by atoms with Gasteiger partial charge in [-0.1, -0.05) is 68.3 Å². The molecule has 0 bridgehead atoms. The van der Waals surface area contributed by atoms with Gasteiger partial charge < -0.3 is 4.74 Å². The van der Waals surface area contributed by atoms with Crippen molar-refractivity contribution in [2.24, 2.45) is 11.8 Å². The van der Waals surface area contributed by atoms with Crippen molar-refractivity contribution in [1.82, 2.24) is 0 Å². The fraction of sp³-hybridized carbons (Fsp3) is 0.444. The Morgan fingerprint density at radius 3 is 2.07 bits per heavy atom. The number of aryl methyl sites for hydroxylation is 1. The van der Waals surface area contributed by atoms with Crippen molar-refractivity contribution in [3.8, 4) is 16.9 Å². The highest BCUT2D eigenvalue weighted by Gasteiger charge is 2.44. The summed E-state index contributed by atoms with van der Waals surface area (Å²) in [4.78, 5) is 0. The van der Waals surface area contributed by atoms with Crippen LogP contribution in [0.1, 0.15) is 93.2 Å². The summed E-state index contributed by atoms with van der Waals surface area (Å²) in [5, 5.41) is 0. The Morgan fingerprint density at radius 2 is 1.44 bits per heavy atom. The summed E-state index contributed by atoms with van der Waals surface area (Å²) in [7, 11) is 0. The van der Waals surface area contributed by atoms with E-state index in [2.05, 4.69) is 37.8 Å². The average Bonchev–Trinajstić information content (AvgIpc) is 2.97. The number of ether oxygens (including phenoxy) is 1. The first-order chi connectivity index (χ1) is 19.7. The molecule has 0 N–H and O–H groups in total. The molecule has 0 spiro atoms. The molecule has 41 heavy (non-hydrogen) atoms. The number of hydrogen-bond acceptors (Lipinski definition) is 1. The number of hydrogen-bond donors (Lipinski definition) is 0. The van der Waals surface area contributed by atoms with E-state index in [1.807, 2.05) is 12.1 Å². The van der Waals surface area contributed by atoms with Crippen molar-refractivity contribution >= 4 is 0 Å². The molecule has 218 valence electrons. The van der Waals surface area contributed by atoms with Crippen LogP contribution in [0.25, 0.3) is 11.1 Å². The molecule has 0 amide bonds. The summed E-state index contributed by atoms with van der Waals surface area (Å²) in [6.07, 6.45) is 5.64. The Labute approximate surface area is 241 Å². The predicted octanol–water partition coefficient (Wildman–Crippen LogP) is 11.0. The zero-order chi connectivity index (χ0) is 29.0. The second kappa shape index (κ2) is 12.8. The van der Waals surface area contributed by atoms with Crippen LogP contribution in [0, 0.1) is 23.5 Å². The monoisotopic (exact) mass is 564 g/mol. The molecule has 0 saturated heterocycles. The smallest absolute Gasteiger partial charge is 0.400 e. The normalized spacial score (nSPS) is 23.2. The average molecular weight is 565 g/mol. The lowest BCUT2D eigenvalue weighted by atomic mass is 9.77. The van der Waals surface area contributed by atoms with Crippen LogP contribution < -0.4 is 4.74 Å². The fourth-order valence-corrected chi connectivity index (χ4v) is 6.61. The van der Waals surface area contributed by atoms with Crippen molar-refractivity contribution in [2.75, 3.05) is 0 Å². The van der Waals surface area contributed by atoms with Gasteiger partial charge in [-0.05, 0) is 109 Å². The van der Waals surface area contributed by atoms with Gasteiger partial charge >= 0.3 is 6.11 Å². The number of halogens is 4. The minimum atomic E-state index is -3.43. The molecule has 0 unspecified atom stereocenters. The van der Waals surface area contributed by atoms with E-state index in [0.29, 0.717) is 42.7 Å². The summed E-state index contributed by atoms with van der Waals surface area (Å²) >= 11 is 0. The van der Waals surface area contributed by atoms with Gasteiger partial charge in [0.25, 0.3) is 0 Å². The number of allylic oxidation sites excluding steroid dienone is 1. The van der Waals surface area contributed by atoms with Gasteiger partial charge in [0, 0.05) is 6.07 Å². The molecular formula is C36H40F4O. The Kier molecular flexibility index (Phi) is 9.21.